The Balaban J connectivity index is 1.79. The summed E-state index contributed by atoms with van der Waals surface area (Å²) >= 11 is 1.62. The summed E-state index contributed by atoms with van der Waals surface area (Å²) in [4.78, 5) is 31.0. The molecule has 3 heterocycles. The number of rotatable bonds is 6. The number of carbonyl (C=O) groups is 2. The summed E-state index contributed by atoms with van der Waals surface area (Å²) < 4.78 is 0. The first-order chi connectivity index (χ1) is 12.1. The summed E-state index contributed by atoms with van der Waals surface area (Å²) in [6.07, 6.45) is 0.244. The third kappa shape index (κ3) is 3.17. The lowest BCUT2D eigenvalue weighted by Crippen LogP contribution is -2.63. The number of aliphatic hydroxyl groups is 1. The van der Waals surface area contributed by atoms with Gasteiger partial charge in [-0.2, -0.15) is 0 Å². The van der Waals surface area contributed by atoms with Crippen LogP contribution in [-0.4, -0.2) is 94.5 Å². The van der Waals surface area contributed by atoms with Crippen molar-refractivity contribution in [3.63, 3.8) is 0 Å². The van der Waals surface area contributed by atoms with Crippen molar-refractivity contribution in [2.45, 2.75) is 43.7 Å². The Kier molecular flexibility index (Phi) is 5.40. The Bertz CT molecular complexity index is 636. The number of likely N-dealkylation sites (N-methyl/N-ethyl adjacent to an activating group) is 2. The van der Waals surface area contributed by atoms with Gasteiger partial charge < -0.3 is 24.9 Å². The van der Waals surface area contributed by atoms with E-state index in [1.54, 1.807) is 18.7 Å². The van der Waals surface area contributed by atoms with Gasteiger partial charge in [-0.05, 0) is 34.5 Å². The fraction of sp³-hybridized carbons (Fsp3) is 0.778. The van der Waals surface area contributed by atoms with Gasteiger partial charge in [-0.3, -0.25) is 4.79 Å². The highest BCUT2D eigenvalue weighted by molar-refractivity contribution is 8.03. The molecule has 0 saturated carbocycles. The Morgan fingerprint density at radius 2 is 2.08 bits per heavy atom. The van der Waals surface area contributed by atoms with E-state index in [2.05, 4.69) is 30.9 Å². The van der Waals surface area contributed by atoms with Crippen LogP contribution in [0.4, 0.5) is 0 Å². The van der Waals surface area contributed by atoms with Crippen LogP contribution in [-0.2, 0) is 9.59 Å². The highest BCUT2D eigenvalue weighted by Gasteiger charge is 2.60. The Hall–Kier alpha value is -1.09. The molecule has 0 spiro atoms. The van der Waals surface area contributed by atoms with Crippen LogP contribution in [0.3, 0.4) is 0 Å². The molecule has 7 nitrogen and oxygen atoms in total. The zero-order chi connectivity index (χ0) is 19.3. The number of amides is 1. The van der Waals surface area contributed by atoms with Crippen LogP contribution >= 0.6 is 11.8 Å². The monoisotopic (exact) mass is 383 g/mol. The summed E-state index contributed by atoms with van der Waals surface area (Å²) in [7, 11) is 6.23. The van der Waals surface area contributed by atoms with Crippen LogP contribution in [0.5, 0.6) is 0 Å². The average Bonchev–Trinajstić information content (AvgIpc) is 2.96. The third-order valence-corrected chi connectivity index (χ3v) is 7.32. The number of likely N-dealkylation sites (tertiary alicyclic amines) is 1. The van der Waals surface area contributed by atoms with Gasteiger partial charge in [0.05, 0.1) is 18.1 Å². The van der Waals surface area contributed by atoms with E-state index in [1.165, 1.54) is 4.90 Å². The maximum atomic E-state index is 12.4. The number of aliphatic hydroxyl groups excluding tert-OH is 1. The molecule has 146 valence electrons. The number of aliphatic carboxylic acids is 1. The van der Waals surface area contributed by atoms with Crippen LogP contribution in [0.1, 0.15) is 20.3 Å². The number of hydrogen-bond donors (Lipinski definition) is 2. The van der Waals surface area contributed by atoms with E-state index in [0.29, 0.717) is 11.3 Å². The fourth-order valence-electron chi connectivity index (χ4n) is 4.61. The summed E-state index contributed by atoms with van der Waals surface area (Å²) in [5.41, 5.74) is 0.133. The quantitative estimate of drug-likeness (QED) is 0.647. The maximum absolute atomic E-state index is 12.4. The van der Waals surface area contributed by atoms with E-state index in [-0.39, 0.29) is 23.6 Å². The summed E-state index contributed by atoms with van der Waals surface area (Å²) in [5, 5.41) is 20.0. The predicted molar refractivity (Wildman–Crippen MR) is 101 cm³/mol. The van der Waals surface area contributed by atoms with Crippen molar-refractivity contribution in [3.8, 4) is 0 Å². The summed E-state index contributed by atoms with van der Waals surface area (Å²) in [5.74, 6) is -1.86. The minimum Gasteiger partial charge on any atom is -0.477 e. The van der Waals surface area contributed by atoms with Crippen molar-refractivity contribution in [2.24, 2.45) is 11.8 Å². The lowest BCUT2D eigenvalue weighted by Gasteiger charge is -2.46. The molecule has 2 saturated heterocycles. The molecule has 0 radical (unpaired) electrons. The molecule has 1 amide bonds. The molecule has 0 unspecified atom stereocenters. The maximum Gasteiger partial charge on any atom is 0.353 e. The van der Waals surface area contributed by atoms with Crippen molar-refractivity contribution in [2.75, 3.05) is 34.2 Å². The molecule has 26 heavy (non-hydrogen) atoms. The van der Waals surface area contributed by atoms with E-state index in [1.807, 2.05) is 6.92 Å². The molecule has 6 atom stereocenters. The van der Waals surface area contributed by atoms with Gasteiger partial charge in [-0.15, -0.1) is 11.8 Å². The number of β-lactam (4-membered cyclic amide) rings is 1. The van der Waals surface area contributed by atoms with Gasteiger partial charge in [-0.25, -0.2) is 4.79 Å². The molecule has 3 aliphatic heterocycles. The highest BCUT2D eigenvalue weighted by atomic mass is 32.2. The molecule has 2 fully saturated rings. The minimum absolute atomic E-state index is 0.0541. The topological polar surface area (TPSA) is 84.3 Å². The van der Waals surface area contributed by atoms with E-state index >= 15 is 0 Å². The Morgan fingerprint density at radius 1 is 1.42 bits per heavy atom. The minimum atomic E-state index is -1.05. The van der Waals surface area contributed by atoms with E-state index in [4.69, 9.17) is 0 Å². The van der Waals surface area contributed by atoms with Crippen LogP contribution in [0.2, 0.25) is 0 Å². The molecule has 3 aliphatic rings. The van der Waals surface area contributed by atoms with E-state index < -0.39 is 18.0 Å². The van der Waals surface area contributed by atoms with Crippen molar-refractivity contribution < 1.29 is 19.8 Å². The molecule has 2 N–H and O–H groups in total. The molecule has 0 aromatic heterocycles. The highest BCUT2D eigenvalue weighted by Crippen LogP contribution is 2.52. The second-order valence-corrected chi connectivity index (χ2v) is 9.45. The third-order valence-electron chi connectivity index (χ3n) is 5.83. The van der Waals surface area contributed by atoms with Crippen molar-refractivity contribution in [3.05, 3.63) is 10.6 Å². The average molecular weight is 384 g/mol. The largest absolute Gasteiger partial charge is 0.477 e. The van der Waals surface area contributed by atoms with Crippen LogP contribution in [0.15, 0.2) is 10.6 Å². The molecule has 0 aromatic rings. The van der Waals surface area contributed by atoms with Crippen molar-refractivity contribution in [1.29, 1.82) is 0 Å². The molecule has 0 aliphatic carbocycles. The van der Waals surface area contributed by atoms with Crippen molar-refractivity contribution >= 4 is 23.6 Å². The van der Waals surface area contributed by atoms with Crippen molar-refractivity contribution in [1.82, 2.24) is 14.7 Å². The molecular weight excluding hydrogens is 354 g/mol. The van der Waals surface area contributed by atoms with Crippen LogP contribution < -0.4 is 0 Å². The summed E-state index contributed by atoms with van der Waals surface area (Å²) in [6.45, 7) is 5.47. The normalized spacial score (nSPS) is 35.9. The zero-order valence-corrected chi connectivity index (χ0v) is 16.9. The van der Waals surface area contributed by atoms with Gasteiger partial charge in [0.15, 0.2) is 0 Å². The second-order valence-electron chi connectivity index (χ2n) is 8.10. The van der Waals surface area contributed by atoms with Gasteiger partial charge in [0.2, 0.25) is 5.91 Å². The molecule has 8 heteroatoms. The number of nitrogens with zero attached hydrogens (tertiary/aromatic N) is 3. The first-order valence-corrected chi connectivity index (χ1v) is 10.0. The van der Waals surface area contributed by atoms with Crippen LogP contribution in [0.25, 0.3) is 0 Å². The summed E-state index contributed by atoms with van der Waals surface area (Å²) in [6, 6.07) is 0.227. The van der Waals surface area contributed by atoms with Gasteiger partial charge in [-0.1, -0.05) is 6.92 Å². The molecule has 3 rings (SSSR count). The van der Waals surface area contributed by atoms with E-state index in [0.717, 1.165) is 24.4 Å². The van der Waals surface area contributed by atoms with Gasteiger partial charge in [0.1, 0.15) is 5.70 Å². The Labute approximate surface area is 159 Å². The number of carboxylic acid groups (broad SMARTS) is 1. The first kappa shape index (κ1) is 19.7. The number of carboxylic acids is 1. The molecular formula is C18H29N3O4S. The number of fused-ring (bicyclic) bond motifs is 1. The zero-order valence-electron chi connectivity index (χ0n) is 16.0. The van der Waals surface area contributed by atoms with Gasteiger partial charge in [0, 0.05) is 35.2 Å². The molecule has 0 aromatic carbocycles. The van der Waals surface area contributed by atoms with Gasteiger partial charge in [0.25, 0.3) is 0 Å². The standard InChI is InChI=1S/C18H29N3O4S/c1-9-14-13(10(2)22)17(23)21(14)15(18(24)25)16(9)26-12-6-11(7-19(3)4)20(5)8-12/h9-14,22H,6-8H2,1-5H3,(H,24,25)/t9-,10-,11+,12+,13-,14-/m1/s1. The molecule has 0 bridgehead atoms. The number of thioether (sulfide) groups is 1. The number of hydrogen-bond acceptors (Lipinski definition) is 6. The fourth-order valence-corrected chi connectivity index (χ4v) is 6.25. The van der Waals surface area contributed by atoms with Crippen LogP contribution in [0, 0.1) is 11.8 Å². The smallest absolute Gasteiger partial charge is 0.353 e. The van der Waals surface area contributed by atoms with E-state index in [9.17, 15) is 19.8 Å². The second kappa shape index (κ2) is 7.14. The first-order valence-electron chi connectivity index (χ1n) is 9.13. The Morgan fingerprint density at radius 3 is 2.62 bits per heavy atom. The lowest BCUT2D eigenvalue weighted by atomic mass is 9.79. The number of carbonyl (C=O) groups excluding carboxylic acids is 1. The van der Waals surface area contributed by atoms with Gasteiger partial charge >= 0.3 is 5.97 Å². The lowest BCUT2D eigenvalue weighted by molar-refractivity contribution is -0.163. The predicted octanol–water partition coefficient (Wildman–Crippen LogP) is 0.508. The SMILES string of the molecule is C[C@@H](O)[C@H]1C(=O)N2C(C(=O)O)=C(S[C@H]3C[C@@H](CN(C)C)N(C)C3)[C@H](C)[C@H]12.